The van der Waals surface area contributed by atoms with Crippen LogP contribution in [0.3, 0.4) is 0 Å². The van der Waals surface area contributed by atoms with Crippen LogP contribution in [0.5, 0.6) is 0 Å². The zero-order chi connectivity index (χ0) is 18.0. The second-order valence-corrected chi connectivity index (χ2v) is 10.00. The molecule has 0 aliphatic heterocycles. The molecule has 0 unspecified atom stereocenters. The summed E-state index contributed by atoms with van der Waals surface area (Å²) in [5, 5.41) is -0.321. The van der Waals surface area contributed by atoms with E-state index in [0.717, 1.165) is 42.3 Å². The normalized spacial score (nSPS) is 21.7. The molecule has 3 rings (SSSR count). The van der Waals surface area contributed by atoms with Crippen molar-refractivity contribution in [2.75, 3.05) is 5.75 Å². The van der Waals surface area contributed by atoms with Gasteiger partial charge in [-0.1, -0.05) is 6.07 Å². The summed E-state index contributed by atoms with van der Waals surface area (Å²) in [6.45, 7) is 3.46. The number of carbonyl (C=O) groups is 1. The van der Waals surface area contributed by atoms with Gasteiger partial charge in [0.2, 0.25) is 0 Å². The maximum absolute atomic E-state index is 12.6. The summed E-state index contributed by atoms with van der Waals surface area (Å²) in [7, 11) is -3.00. The molecule has 0 N–H and O–H groups in total. The Morgan fingerprint density at radius 1 is 1.24 bits per heavy atom. The lowest BCUT2D eigenvalue weighted by Crippen LogP contribution is -2.29. The average molecular weight is 363 g/mol. The van der Waals surface area contributed by atoms with E-state index in [0.29, 0.717) is 6.42 Å². The van der Waals surface area contributed by atoms with Crippen LogP contribution in [-0.2, 0) is 21.1 Å². The summed E-state index contributed by atoms with van der Waals surface area (Å²) in [5.74, 6) is 0.746. The highest BCUT2D eigenvalue weighted by molar-refractivity contribution is 7.91. The van der Waals surface area contributed by atoms with Crippen molar-refractivity contribution in [2.24, 2.45) is 11.8 Å². The SMILES string of the molecule is CC(C)S(=O)(=O)CC1CCC(C(=O)Cc2ccc3ocnc3c2)CC1. The van der Waals surface area contributed by atoms with Gasteiger partial charge in [0.1, 0.15) is 11.3 Å². The lowest BCUT2D eigenvalue weighted by molar-refractivity contribution is -0.123. The van der Waals surface area contributed by atoms with Crippen LogP contribution in [0.25, 0.3) is 11.1 Å². The van der Waals surface area contributed by atoms with Gasteiger partial charge in [-0.25, -0.2) is 13.4 Å². The molecule has 1 aliphatic carbocycles. The molecule has 25 heavy (non-hydrogen) atoms. The Hall–Kier alpha value is -1.69. The Morgan fingerprint density at radius 3 is 2.64 bits per heavy atom. The van der Waals surface area contributed by atoms with Crippen molar-refractivity contribution < 1.29 is 17.6 Å². The van der Waals surface area contributed by atoms with Crippen LogP contribution in [0.2, 0.25) is 0 Å². The summed E-state index contributed by atoms with van der Waals surface area (Å²) < 4.78 is 29.3. The standard InChI is InChI=1S/C19H25NO4S/c1-13(2)25(22,23)11-14-3-6-16(7-4-14)18(21)10-15-5-8-19-17(9-15)20-12-24-19/h5,8-9,12-14,16H,3-4,6-7,10-11H2,1-2H3. The summed E-state index contributed by atoms with van der Waals surface area (Å²) in [5.41, 5.74) is 2.45. The van der Waals surface area contributed by atoms with Crippen LogP contribution in [0, 0.1) is 11.8 Å². The Bertz CT molecular complexity index is 845. The van der Waals surface area contributed by atoms with Gasteiger partial charge < -0.3 is 4.42 Å². The van der Waals surface area contributed by atoms with Gasteiger partial charge in [-0.15, -0.1) is 0 Å². The first-order valence-electron chi connectivity index (χ1n) is 8.91. The second-order valence-electron chi connectivity index (χ2n) is 7.39. The summed E-state index contributed by atoms with van der Waals surface area (Å²) in [4.78, 5) is 16.7. The second kappa shape index (κ2) is 7.28. The van der Waals surface area contributed by atoms with Crippen molar-refractivity contribution in [2.45, 2.75) is 51.2 Å². The molecule has 0 spiro atoms. The lowest BCUT2D eigenvalue weighted by atomic mass is 9.79. The van der Waals surface area contributed by atoms with Gasteiger partial charge in [-0.3, -0.25) is 4.79 Å². The molecule has 1 fully saturated rings. The predicted octanol–water partition coefficient (Wildman–Crippen LogP) is 3.57. The number of hydrogen-bond acceptors (Lipinski definition) is 5. The van der Waals surface area contributed by atoms with E-state index in [-0.39, 0.29) is 28.6 Å². The molecule has 1 heterocycles. The third-order valence-corrected chi connectivity index (χ3v) is 7.63. The number of benzene rings is 1. The number of hydrogen-bond donors (Lipinski definition) is 0. The molecule has 6 heteroatoms. The molecule has 0 saturated heterocycles. The van der Waals surface area contributed by atoms with Crippen molar-refractivity contribution in [3.05, 3.63) is 30.2 Å². The Labute approximate surface area is 148 Å². The monoisotopic (exact) mass is 363 g/mol. The first-order chi connectivity index (χ1) is 11.8. The van der Waals surface area contributed by atoms with Crippen molar-refractivity contribution >= 4 is 26.7 Å². The average Bonchev–Trinajstić information content (AvgIpc) is 3.02. The first-order valence-corrected chi connectivity index (χ1v) is 10.6. The maximum atomic E-state index is 12.6. The topological polar surface area (TPSA) is 77.2 Å². The van der Waals surface area contributed by atoms with E-state index < -0.39 is 9.84 Å². The molecule has 5 nitrogen and oxygen atoms in total. The highest BCUT2D eigenvalue weighted by Crippen LogP contribution is 2.31. The smallest absolute Gasteiger partial charge is 0.181 e. The third-order valence-electron chi connectivity index (χ3n) is 5.26. The molecular weight excluding hydrogens is 338 g/mol. The molecular formula is C19H25NO4S. The molecule has 1 saturated carbocycles. The van der Waals surface area contributed by atoms with Crippen LogP contribution < -0.4 is 0 Å². The van der Waals surface area contributed by atoms with E-state index >= 15 is 0 Å². The summed E-state index contributed by atoms with van der Waals surface area (Å²) in [6.07, 6.45) is 5.05. The number of oxazole rings is 1. The quantitative estimate of drug-likeness (QED) is 0.784. The number of sulfone groups is 1. The fourth-order valence-electron chi connectivity index (χ4n) is 3.53. The number of fused-ring (bicyclic) bond motifs is 1. The van der Waals surface area contributed by atoms with Crippen molar-refractivity contribution in [1.29, 1.82) is 0 Å². The fourth-order valence-corrected chi connectivity index (χ4v) is 4.91. The number of carbonyl (C=O) groups excluding carboxylic acids is 1. The first kappa shape index (κ1) is 18.1. The minimum Gasteiger partial charge on any atom is -0.443 e. The molecule has 0 atom stereocenters. The van der Waals surface area contributed by atoms with Crippen molar-refractivity contribution in [3.8, 4) is 0 Å². The molecule has 136 valence electrons. The minimum atomic E-state index is -3.00. The van der Waals surface area contributed by atoms with Gasteiger partial charge in [-0.05, 0) is 63.1 Å². The molecule has 0 bridgehead atoms. The number of aromatic nitrogens is 1. The van der Waals surface area contributed by atoms with E-state index in [1.165, 1.54) is 6.39 Å². The number of rotatable bonds is 6. The molecule has 1 aliphatic rings. The van der Waals surface area contributed by atoms with Gasteiger partial charge in [-0.2, -0.15) is 0 Å². The van der Waals surface area contributed by atoms with E-state index in [9.17, 15) is 13.2 Å². The van der Waals surface area contributed by atoms with E-state index in [2.05, 4.69) is 4.98 Å². The van der Waals surface area contributed by atoms with Gasteiger partial charge in [0.15, 0.2) is 21.8 Å². The molecule has 1 aromatic carbocycles. The van der Waals surface area contributed by atoms with E-state index in [4.69, 9.17) is 4.42 Å². The van der Waals surface area contributed by atoms with Gasteiger partial charge in [0, 0.05) is 12.3 Å². The number of Topliss-reactive ketones (excluding diaryl/α,β-unsaturated/α-hetero) is 1. The van der Waals surface area contributed by atoms with Crippen LogP contribution >= 0.6 is 0 Å². The molecule has 0 radical (unpaired) electrons. The van der Waals surface area contributed by atoms with Gasteiger partial charge in [0.05, 0.1) is 11.0 Å². The lowest BCUT2D eigenvalue weighted by Gasteiger charge is -2.28. The Morgan fingerprint density at radius 2 is 1.96 bits per heavy atom. The van der Waals surface area contributed by atoms with Gasteiger partial charge in [0.25, 0.3) is 0 Å². The molecule has 2 aromatic rings. The number of nitrogens with zero attached hydrogens (tertiary/aromatic N) is 1. The minimum absolute atomic E-state index is 0.0472. The predicted molar refractivity (Wildman–Crippen MR) is 97.1 cm³/mol. The highest BCUT2D eigenvalue weighted by atomic mass is 32.2. The Kier molecular flexibility index (Phi) is 5.27. The van der Waals surface area contributed by atoms with Crippen LogP contribution in [0.4, 0.5) is 0 Å². The summed E-state index contributed by atoms with van der Waals surface area (Å²) >= 11 is 0. The van der Waals surface area contributed by atoms with Crippen LogP contribution in [-0.4, -0.2) is 30.2 Å². The third kappa shape index (κ3) is 4.29. The largest absolute Gasteiger partial charge is 0.443 e. The van der Waals surface area contributed by atoms with Crippen molar-refractivity contribution in [1.82, 2.24) is 4.98 Å². The maximum Gasteiger partial charge on any atom is 0.181 e. The van der Waals surface area contributed by atoms with E-state index in [1.54, 1.807) is 13.8 Å². The zero-order valence-electron chi connectivity index (χ0n) is 14.8. The number of ketones is 1. The van der Waals surface area contributed by atoms with Crippen LogP contribution in [0.1, 0.15) is 45.1 Å². The van der Waals surface area contributed by atoms with Crippen LogP contribution in [0.15, 0.2) is 29.0 Å². The van der Waals surface area contributed by atoms with Gasteiger partial charge >= 0.3 is 0 Å². The molecule has 0 amide bonds. The Balaban J connectivity index is 1.54. The fraction of sp³-hybridized carbons (Fsp3) is 0.579. The highest BCUT2D eigenvalue weighted by Gasteiger charge is 2.30. The zero-order valence-corrected chi connectivity index (χ0v) is 15.6. The summed E-state index contributed by atoms with van der Waals surface area (Å²) in [6, 6.07) is 5.66. The molecule has 1 aromatic heterocycles. The van der Waals surface area contributed by atoms with Crippen molar-refractivity contribution in [3.63, 3.8) is 0 Å². The van der Waals surface area contributed by atoms with E-state index in [1.807, 2.05) is 18.2 Å².